The number of hydrogen-bond acceptors (Lipinski definition) is 16. The lowest BCUT2D eigenvalue weighted by Crippen LogP contribution is -2.08. The van der Waals surface area contributed by atoms with Crippen LogP contribution in [-0.2, 0) is 51.9 Å². The second-order valence-corrected chi connectivity index (χ2v) is 22.8. The maximum atomic E-state index is 8.97. The number of benzene rings is 6. The Balaban J connectivity index is 0.000000217. The molecule has 0 saturated carbocycles. The first-order valence-corrected chi connectivity index (χ1v) is 32.1. The van der Waals surface area contributed by atoms with Crippen molar-refractivity contribution in [3.8, 4) is 52.1 Å². The van der Waals surface area contributed by atoms with E-state index in [9.17, 15) is 0 Å². The van der Waals surface area contributed by atoms with Crippen LogP contribution in [0.25, 0.3) is 43.9 Å². The van der Waals surface area contributed by atoms with Gasteiger partial charge in [0, 0.05) is 89.6 Å². The minimum Gasteiger partial charge on any atom is -0.497 e. The number of nitrogens with zero attached hydrogens (tertiary/aromatic N) is 7. The van der Waals surface area contributed by atoms with E-state index in [-0.39, 0.29) is 0 Å². The second kappa shape index (κ2) is 33.0. The highest BCUT2D eigenvalue weighted by Crippen LogP contribution is 2.38. The molecule has 0 bridgehead atoms. The van der Waals surface area contributed by atoms with Gasteiger partial charge in [-0.3, -0.25) is 0 Å². The van der Waals surface area contributed by atoms with Crippen LogP contribution >= 0.6 is 0 Å². The molecule has 4 heterocycles. The van der Waals surface area contributed by atoms with Crippen molar-refractivity contribution < 1.29 is 37.9 Å². The largest absolute Gasteiger partial charge is 0.497 e. The molecular formula is C74H90N10O8. The highest BCUT2D eigenvalue weighted by atomic mass is 16.5. The number of fused-ring (bicyclic) bond motifs is 6. The van der Waals surface area contributed by atoms with E-state index in [2.05, 4.69) is 88.2 Å². The van der Waals surface area contributed by atoms with Gasteiger partial charge in [-0.05, 0) is 130 Å². The number of anilines is 2. The molecule has 92 heavy (non-hydrogen) atoms. The van der Waals surface area contributed by atoms with Crippen LogP contribution in [0.1, 0.15) is 123 Å². The molecule has 10 rings (SSSR count). The number of nitrogens with two attached hydrogens (primary N) is 1. The van der Waals surface area contributed by atoms with E-state index in [1.165, 1.54) is 11.1 Å². The molecule has 6 aromatic carbocycles. The lowest BCUT2D eigenvalue weighted by molar-refractivity contribution is 0.390. The summed E-state index contributed by atoms with van der Waals surface area (Å²) >= 11 is 0. The van der Waals surface area contributed by atoms with Crippen molar-refractivity contribution in [3.05, 3.63) is 154 Å². The van der Waals surface area contributed by atoms with Gasteiger partial charge in [0.2, 0.25) is 0 Å². The molecule has 484 valence electrons. The van der Waals surface area contributed by atoms with E-state index in [1.54, 1.807) is 56.9 Å². The Labute approximate surface area is 541 Å². The summed E-state index contributed by atoms with van der Waals surface area (Å²) in [6.07, 6.45) is 13.5. The number of methoxy groups -OCH3 is 8. The molecule has 0 aliphatic rings. The number of imidazole rings is 2. The van der Waals surface area contributed by atoms with Crippen LogP contribution in [-0.4, -0.2) is 92.5 Å². The Kier molecular flexibility index (Phi) is 24.0. The van der Waals surface area contributed by atoms with Crippen molar-refractivity contribution in [3.63, 3.8) is 0 Å². The summed E-state index contributed by atoms with van der Waals surface area (Å²) in [5.74, 6) is 9.55. The Morgan fingerprint density at radius 3 is 1.18 bits per heavy atom. The smallest absolute Gasteiger partial charge is 0.155 e. The molecule has 0 aliphatic carbocycles. The van der Waals surface area contributed by atoms with Crippen molar-refractivity contribution in [2.45, 2.75) is 130 Å². The minimum absolute atomic E-state index is 0.498. The summed E-state index contributed by atoms with van der Waals surface area (Å²) in [7, 11) is 13.4. The lowest BCUT2D eigenvalue weighted by atomic mass is 10.0. The molecule has 4 aromatic heterocycles. The number of rotatable bonds is 33. The number of hydrogen-bond donors (Lipinski definition) is 3. The van der Waals surface area contributed by atoms with E-state index in [1.807, 2.05) is 60.7 Å². The zero-order chi connectivity index (χ0) is 64.9. The van der Waals surface area contributed by atoms with E-state index in [4.69, 9.17) is 68.8 Å². The molecule has 0 aliphatic heterocycles. The van der Waals surface area contributed by atoms with E-state index in [0.29, 0.717) is 32.6 Å². The van der Waals surface area contributed by atoms with Crippen LogP contribution in [0, 0.1) is 11.3 Å². The quantitative estimate of drug-likeness (QED) is 0.0327. The highest BCUT2D eigenvalue weighted by Gasteiger charge is 2.24. The van der Waals surface area contributed by atoms with Gasteiger partial charge in [-0.25, -0.2) is 19.9 Å². The summed E-state index contributed by atoms with van der Waals surface area (Å²) in [5.41, 5.74) is 17.9. The number of ether oxygens (including phenoxy) is 8. The maximum Gasteiger partial charge on any atom is 0.155 e. The molecule has 0 saturated heterocycles. The predicted molar refractivity (Wildman–Crippen MR) is 368 cm³/mol. The van der Waals surface area contributed by atoms with Gasteiger partial charge < -0.3 is 63.4 Å². The van der Waals surface area contributed by atoms with Gasteiger partial charge in [0.25, 0.3) is 0 Å². The van der Waals surface area contributed by atoms with Crippen molar-refractivity contribution in [2.75, 3.05) is 74.1 Å². The van der Waals surface area contributed by atoms with E-state index in [0.717, 1.165) is 225 Å². The van der Waals surface area contributed by atoms with E-state index >= 15 is 0 Å². The molecule has 10 aromatic rings. The number of nitrogens with one attached hydrogen (secondary N) is 2. The van der Waals surface area contributed by atoms with Crippen molar-refractivity contribution in [2.24, 2.45) is 5.73 Å². The first kappa shape index (κ1) is 66.9. The van der Waals surface area contributed by atoms with E-state index < -0.39 is 0 Å². The fourth-order valence-electron chi connectivity index (χ4n) is 11.8. The normalized spacial score (nSPS) is 11.2. The van der Waals surface area contributed by atoms with Gasteiger partial charge in [-0.1, -0.05) is 57.4 Å². The van der Waals surface area contributed by atoms with Crippen LogP contribution in [0.15, 0.2) is 109 Å². The maximum absolute atomic E-state index is 8.97. The van der Waals surface area contributed by atoms with Crippen molar-refractivity contribution in [1.29, 1.82) is 5.26 Å². The van der Waals surface area contributed by atoms with Gasteiger partial charge >= 0.3 is 0 Å². The summed E-state index contributed by atoms with van der Waals surface area (Å²) in [6, 6.07) is 39.1. The molecule has 4 N–H and O–H groups in total. The Morgan fingerprint density at radius 1 is 0.424 bits per heavy atom. The Hall–Kier alpha value is -9.47. The standard InChI is InChI=1S/C37H47N5O4.C37H43N5O4/c2*1-6-7-12-34-41-35-36(42(34)24-27-15-17-29(44-3)22-33(27)46-5)30-18-13-25(11-9-8-10-19-38)20-31(30)40-37(35)39-23-26-14-16-28(43-2)21-32(26)45-4/h13-18,20-22H,6-12,19,23-24,38H2,1-5H3,(H,39,40);13-18,20-22H,6-12,23-24H2,1-5H3,(H,39,40). The second-order valence-electron chi connectivity index (χ2n) is 22.8. The first-order valence-electron chi connectivity index (χ1n) is 32.1. The zero-order valence-electron chi connectivity index (χ0n) is 55.3. The summed E-state index contributed by atoms with van der Waals surface area (Å²) in [4.78, 5) is 20.9. The number of pyridine rings is 2. The van der Waals surface area contributed by atoms with Crippen LogP contribution in [0.3, 0.4) is 0 Å². The van der Waals surface area contributed by atoms with Gasteiger partial charge in [0.15, 0.2) is 11.6 Å². The van der Waals surface area contributed by atoms with Crippen LogP contribution in [0.5, 0.6) is 46.0 Å². The molecule has 0 amide bonds. The Bertz CT molecular complexity index is 4140. The first-order chi connectivity index (χ1) is 45.0. The van der Waals surface area contributed by atoms with Crippen LogP contribution < -0.4 is 54.3 Å². The monoisotopic (exact) mass is 1250 g/mol. The number of unbranched alkanes of at least 4 members (excludes halogenated alkanes) is 6. The lowest BCUT2D eigenvalue weighted by Gasteiger charge is -2.16. The molecule has 0 fully saturated rings. The van der Waals surface area contributed by atoms with Crippen LogP contribution in [0.2, 0.25) is 0 Å². The SMILES string of the molecule is CCCCc1nc2c(NCc3ccc(OC)cc3OC)nc3cc(CCCCC#N)ccc3c2n1Cc1ccc(OC)cc1OC.CCCCc1nc2c(NCc3ccc(OC)cc3OC)nc3cc(CCCCCN)ccc3c2n1Cc1ccc(OC)cc1OC. The topological polar surface area (TPSA) is 209 Å². The molecule has 18 nitrogen and oxygen atoms in total. The highest BCUT2D eigenvalue weighted by molar-refractivity contribution is 6.08. The third-order valence-corrected chi connectivity index (χ3v) is 16.8. The van der Waals surface area contributed by atoms with Crippen LogP contribution in [0.4, 0.5) is 11.6 Å². The predicted octanol–water partition coefficient (Wildman–Crippen LogP) is 15.2. The van der Waals surface area contributed by atoms with Crippen molar-refractivity contribution >= 4 is 55.5 Å². The minimum atomic E-state index is 0.498. The average Bonchev–Trinajstić information content (AvgIpc) is 1.57. The molecule has 0 unspecified atom stereocenters. The van der Waals surface area contributed by atoms with Gasteiger partial charge in [0.1, 0.15) is 68.7 Å². The summed E-state index contributed by atoms with van der Waals surface area (Å²) in [6.45, 7) is 7.35. The van der Waals surface area contributed by atoms with Crippen molar-refractivity contribution in [1.82, 2.24) is 29.1 Å². The molecule has 0 radical (unpaired) electrons. The number of nitriles is 1. The molecule has 0 atom stereocenters. The van der Waals surface area contributed by atoms with Gasteiger partial charge in [-0.2, -0.15) is 5.26 Å². The average molecular weight is 1250 g/mol. The van der Waals surface area contributed by atoms with Gasteiger partial charge in [0.05, 0.1) is 98.1 Å². The molecule has 0 spiro atoms. The summed E-state index contributed by atoms with van der Waals surface area (Å²) in [5, 5.41) is 18.3. The fourth-order valence-corrected chi connectivity index (χ4v) is 11.8. The van der Waals surface area contributed by atoms with Gasteiger partial charge in [-0.15, -0.1) is 0 Å². The number of aromatic nitrogens is 6. The summed E-state index contributed by atoms with van der Waals surface area (Å²) < 4.78 is 49.4. The zero-order valence-corrected chi connectivity index (χ0v) is 55.3. The molecular weight excluding hydrogens is 1160 g/mol. The molecule has 18 heteroatoms. The third-order valence-electron chi connectivity index (χ3n) is 16.8. The number of aryl methyl sites for hydroxylation is 4. The Morgan fingerprint density at radius 2 is 0.815 bits per heavy atom. The third kappa shape index (κ3) is 16.0. The fraction of sp³-hybridized carbons (Fsp3) is 0.392.